The predicted octanol–water partition coefficient (Wildman–Crippen LogP) is 3.63. The number of amides is 1. The van der Waals surface area contributed by atoms with Crippen molar-refractivity contribution in [2.45, 2.75) is 25.6 Å². The van der Waals surface area contributed by atoms with Crippen LogP contribution in [0.3, 0.4) is 0 Å². The smallest absolute Gasteiger partial charge is 0.249 e. The average Bonchev–Trinajstić information content (AvgIpc) is 2.97. The molecule has 2 aromatic carbocycles. The van der Waals surface area contributed by atoms with Gasteiger partial charge < -0.3 is 4.57 Å². The molecule has 0 saturated carbocycles. The molecule has 1 aromatic heterocycles. The van der Waals surface area contributed by atoms with Gasteiger partial charge in [-0.2, -0.15) is 4.99 Å². The summed E-state index contributed by atoms with van der Waals surface area (Å²) in [7, 11) is -3.37. The molecule has 0 aliphatic heterocycles. The van der Waals surface area contributed by atoms with Crippen LogP contribution in [0.2, 0.25) is 0 Å². The summed E-state index contributed by atoms with van der Waals surface area (Å²) in [6, 6.07) is 15.0. The van der Waals surface area contributed by atoms with Gasteiger partial charge >= 0.3 is 0 Å². The fourth-order valence-corrected chi connectivity index (χ4v) is 5.36. The number of thiazole rings is 1. The zero-order valence-electron chi connectivity index (χ0n) is 15.7. The third-order valence-electron chi connectivity index (χ3n) is 4.23. The molecule has 1 heterocycles. The molecule has 0 N–H and O–H groups in total. The van der Waals surface area contributed by atoms with Gasteiger partial charge in [-0.05, 0) is 30.2 Å². The van der Waals surface area contributed by atoms with Crippen molar-refractivity contribution in [3.05, 3.63) is 77.1 Å². The van der Waals surface area contributed by atoms with Gasteiger partial charge in [0.2, 0.25) is 5.91 Å². The first-order valence-corrected chi connectivity index (χ1v) is 11.5. The van der Waals surface area contributed by atoms with Crippen LogP contribution in [0.4, 0.5) is 0 Å². The molecule has 28 heavy (non-hydrogen) atoms. The van der Waals surface area contributed by atoms with E-state index in [4.69, 9.17) is 0 Å². The maximum Gasteiger partial charge on any atom is 0.249 e. The molecule has 0 unspecified atom stereocenters. The summed E-state index contributed by atoms with van der Waals surface area (Å²) in [5.41, 5.74) is 2.83. The van der Waals surface area contributed by atoms with Crippen LogP contribution in [0.15, 0.2) is 66.2 Å². The lowest BCUT2D eigenvalue weighted by Crippen LogP contribution is -2.18. The second-order valence-electron chi connectivity index (χ2n) is 6.59. The van der Waals surface area contributed by atoms with Crippen LogP contribution in [0.1, 0.15) is 17.5 Å². The Bertz CT molecular complexity index is 1170. The SMILES string of the molecule is C=CCn1c(=NC(=O)CCS(=O)(=O)Cc2ccccc2)sc2cc(C)ccc21. The lowest BCUT2D eigenvalue weighted by atomic mass is 10.2. The number of hydrogen-bond donors (Lipinski definition) is 0. The van der Waals surface area contributed by atoms with E-state index in [1.54, 1.807) is 30.3 Å². The van der Waals surface area contributed by atoms with Crippen LogP contribution >= 0.6 is 11.3 Å². The zero-order chi connectivity index (χ0) is 20.1. The fourth-order valence-electron chi connectivity index (χ4n) is 2.88. The second-order valence-corrected chi connectivity index (χ2v) is 9.78. The van der Waals surface area contributed by atoms with E-state index in [0.717, 1.165) is 21.3 Å². The normalized spacial score (nSPS) is 12.4. The molecule has 0 atom stereocenters. The van der Waals surface area contributed by atoms with Crippen molar-refractivity contribution < 1.29 is 13.2 Å². The maximum absolute atomic E-state index is 12.3. The van der Waals surface area contributed by atoms with E-state index in [-0.39, 0.29) is 17.9 Å². The van der Waals surface area contributed by atoms with E-state index in [2.05, 4.69) is 11.6 Å². The standard InChI is InChI=1S/C21H22N2O3S2/c1-3-12-23-18-10-9-16(2)14-19(18)27-21(23)22-20(24)11-13-28(25,26)15-17-7-5-4-6-8-17/h3-10,14H,1,11-13,15H2,2H3. The highest BCUT2D eigenvalue weighted by Crippen LogP contribution is 2.19. The molecule has 3 rings (SSSR count). The van der Waals surface area contributed by atoms with Gasteiger partial charge in [-0.3, -0.25) is 4.79 Å². The minimum Gasteiger partial charge on any atom is -0.313 e. The minimum absolute atomic E-state index is 0.0697. The monoisotopic (exact) mass is 414 g/mol. The molecule has 0 radical (unpaired) electrons. The van der Waals surface area contributed by atoms with E-state index < -0.39 is 15.7 Å². The number of sulfone groups is 1. The highest BCUT2D eigenvalue weighted by molar-refractivity contribution is 7.90. The first-order valence-electron chi connectivity index (χ1n) is 8.91. The van der Waals surface area contributed by atoms with Crippen LogP contribution in [0, 0.1) is 6.92 Å². The van der Waals surface area contributed by atoms with E-state index in [1.165, 1.54) is 11.3 Å². The van der Waals surface area contributed by atoms with Gasteiger partial charge in [-0.15, -0.1) is 6.58 Å². The van der Waals surface area contributed by atoms with Crippen LogP contribution in [0.25, 0.3) is 10.2 Å². The Kier molecular flexibility index (Phi) is 6.26. The number of hydrogen-bond acceptors (Lipinski definition) is 4. The molecule has 146 valence electrons. The quantitative estimate of drug-likeness (QED) is 0.555. The number of carbonyl (C=O) groups excluding carboxylic acids is 1. The molecule has 0 bridgehead atoms. The first kappa shape index (κ1) is 20.2. The minimum atomic E-state index is -3.37. The Hall–Kier alpha value is -2.51. The van der Waals surface area contributed by atoms with Gasteiger partial charge in [0.25, 0.3) is 0 Å². The third kappa shape index (κ3) is 5.05. The number of fused-ring (bicyclic) bond motifs is 1. The molecule has 0 aliphatic carbocycles. The molecule has 0 aliphatic rings. The molecule has 3 aromatic rings. The number of aryl methyl sites for hydroxylation is 1. The summed E-state index contributed by atoms with van der Waals surface area (Å²) >= 11 is 1.42. The molecule has 0 saturated heterocycles. The first-order chi connectivity index (χ1) is 13.4. The number of nitrogens with zero attached hydrogens (tertiary/aromatic N) is 2. The largest absolute Gasteiger partial charge is 0.313 e. The summed E-state index contributed by atoms with van der Waals surface area (Å²) in [5, 5.41) is 0. The Balaban J connectivity index is 1.79. The van der Waals surface area contributed by atoms with Crippen LogP contribution in [-0.2, 0) is 26.9 Å². The van der Waals surface area contributed by atoms with Gasteiger partial charge in [-0.1, -0.05) is 53.8 Å². The lowest BCUT2D eigenvalue weighted by molar-refractivity contribution is -0.117. The Labute approximate surface area is 168 Å². The Morgan fingerprint density at radius 3 is 2.68 bits per heavy atom. The Morgan fingerprint density at radius 2 is 1.96 bits per heavy atom. The van der Waals surface area contributed by atoms with Crippen molar-refractivity contribution in [2.75, 3.05) is 5.75 Å². The summed E-state index contributed by atoms with van der Waals surface area (Å²) in [6.45, 7) is 6.31. The molecule has 0 spiro atoms. The van der Waals surface area contributed by atoms with Crippen LogP contribution in [0.5, 0.6) is 0 Å². The van der Waals surface area contributed by atoms with Crippen molar-refractivity contribution in [2.24, 2.45) is 4.99 Å². The van der Waals surface area contributed by atoms with E-state index in [1.807, 2.05) is 35.8 Å². The predicted molar refractivity (Wildman–Crippen MR) is 114 cm³/mol. The second kappa shape index (κ2) is 8.67. The maximum atomic E-state index is 12.3. The molecule has 5 nitrogen and oxygen atoms in total. The molecule has 7 heteroatoms. The third-order valence-corrected chi connectivity index (χ3v) is 6.87. The van der Waals surface area contributed by atoms with Crippen molar-refractivity contribution in [1.29, 1.82) is 0 Å². The molecule has 1 amide bonds. The van der Waals surface area contributed by atoms with Crippen molar-refractivity contribution in [3.63, 3.8) is 0 Å². The number of aromatic nitrogens is 1. The van der Waals surface area contributed by atoms with E-state index in [0.29, 0.717) is 11.3 Å². The van der Waals surface area contributed by atoms with Crippen LogP contribution < -0.4 is 4.80 Å². The summed E-state index contributed by atoms with van der Waals surface area (Å²) < 4.78 is 27.5. The molecular formula is C21H22N2O3S2. The van der Waals surface area contributed by atoms with Crippen molar-refractivity contribution in [3.8, 4) is 0 Å². The van der Waals surface area contributed by atoms with Crippen LogP contribution in [-0.4, -0.2) is 24.6 Å². The highest BCUT2D eigenvalue weighted by Gasteiger charge is 2.15. The number of benzene rings is 2. The van der Waals surface area contributed by atoms with Gasteiger partial charge in [0.05, 0.1) is 21.7 Å². The van der Waals surface area contributed by atoms with Crippen molar-refractivity contribution in [1.82, 2.24) is 4.57 Å². The molecule has 0 fully saturated rings. The van der Waals surface area contributed by atoms with Gasteiger partial charge in [-0.25, -0.2) is 8.42 Å². The number of rotatable bonds is 7. The number of allylic oxidation sites excluding steroid dienone is 1. The average molecular weight is 415 g/mol. The fraction of sp³-hybridized carbons (Fsp3) is 0.238. The van der Waals surface area contributed by atoms with E-state index >= 15 is 0 Å². The Morgan fingerprint density at radius 1 is 1.21 bits per heavy atom. The zero-order valence-corrected chi connectivity index (χ0v) is 17.3. The van der Waals surface area contributed by atoms with E-state index in [9.17, 15) is 13.2 Å². The van der Waals surface area contributed by atoms with Crippen molar-refractivity contribution >= 4 is 37.3 Å². The summed E-state index contributed by atoms with van der Waals surface area (Å²) in [4.78, 5) is 17.1. The van der Waals surface area contributed by atoms with Gasteiger partial charge in [0.15, 0.2) is 14.6 Å². The van der Waals surface area contributed by atoms with Gasteiger partial charge in [0, 0.05) is 13.0 Å². The molecular weight excluding hydrogens is 392 g/mol. The topological polar surface area (TPSA) is 68.5 Å². The summed E-state index contributed by atoms with van der Waals surface area (Å²) in [5.74, 6) is -0.715. The number of carbonyl (C=O) groups is 1. The highest BCUT2D eigenvalue weighted by atomic mass is 32.2. The lowest BCUT2D eigenvalue weighted by Gasteiger charge is -2.03. The van der Waals surface area contributed by atoms with Gasteiger partial charge in [0.1, 0.15) is 0 Å². The summed E-state index contributed by atoms with van der Waals surface area (Å²) in [6.07, 6.45) is 1.62.